The molecular weight excluding hydrogens is 453 g/mol. The number of carbonyl (C=O) groups excluding carboxylic acids is 2. The average Bonchev–Trinajstić information content (AvgIpc) is 2.82. The van der Waals surface area contributed by atoms with Gasteiger partial charge in [-0.15, -0.1) is 0 Å². The third-order valence-corrected chi connectivity index (χ3v) is 4.24. The van der Waals surface area contributed by atoms with Crippen molar-refractivity contribution >= 4 is 11.9 Å². The molecule has 0 aromatic heterocycles. The van der Waals surface area contributed by atoms with Gasteiger partial charge < -0.3 is 18.9 Å². The molecule has 0 amide bonds. The highest BCUT2D eigenvalue weighted by Crippen LogP contribution is 2.31. The minimum absolute atomic E-state index is 0.116. The van der Waals surface area contributed by atoms with Crippen molar-refractivity contribution < 1.29 is 41.7 Å². The Kier molecular flexibility index (Phi) is 7.92. The Morgan fingerprint density at radius 3 is 2.03 bits per heavy atom. The van der Waals surface area contributed by atoms with Gasteiger partial charge in [0.15, 0.2) is 6.61 Å². The lowest BCUT2D eigenvalue weighted by atomic mass is 10.2. The molecule has 6 nitrogen and oxygen atoms in total. The van der Waals surface area contributed by atoms with Crippen LogP contribution in [-0.2, 0) is 11.0 Å². The van der Waals surface area contributed by atoms with E-state index in [0.29, 0.717) is 17.9 Å². The third-order valence-electron chi connectivity index (χ3n) is 4.24. The minimum Gasteiger partial charge on any atom is -0.490 e. The molecule has 0 N–H and O–H groups in total. The van der Waals surface area contributed by atoms with Gasteiger partial charge in [-0.25, -0.2) is 9.59 Å². The van der Waals surface area contributed by atoms with Crippen LogP contribution in [0.25, 0.3) is 0 Å². The van der Waals surface area contributed by atoms with E-state index in [-0.39, 0.29) is 17.2 Å². The Morgan fingerprint density at radius 1 is 0.794 bits per heavy atom. The molecule has 0 aliphatic rings. The molecule has 34 heavy (non-hydrogen) atoms. The van der Waals surface area contributed by atoms with E-state index < -0.39 is 30.3 Å². The van der Waals surface area contributed by atoms with Crippen LogP contribution in [0.5, 0.6) is 23.0 Å². The smallest absolute Gasteiger partial charge is 0.416 e. The molecule has 9 heteroatoms. The van der Waals surface area contributed by atoms with Gasteiger partial charge in [0, 0.05) is 0 Å². The Hall–Kier alpha value is -4.27. The lowest BCUT2D eigenvalue weighted by Gasteiger charge is -2.10. The van der Waals surface area contributed by atoms with E-state index in [1.165, 1.54) is 36.4 Å². The van der Waals surface area contributed by atoms with Gasteiger partial charge in [-0.1, -0.05) is 18.7 Å². The van der Waals surface area contributed by atoms with Crippen molar-refractivity contribution in [2.75, 3.05) is 13.2 Å². The number of hydrogen-bond donors (Lipinski definition) is 0. The number of ether oxygens (including phenoxy) is 4. The number of benzene rings is 3. The van der Waals surface area contributed by atoms with Gasteiger partial charge in [0.2, 0.25) is 0 Å². The van der Waals surface area contributed by atoms with Crippen LogP contribution < -0.4 is 18.9 Å². The standard InChI is InChI=1S/C25H19F3O6/c1-2-14-31-19-8-6-17(7-9-19)24(30)34-21-12-10-20(11-13-21)33-23(29)16-32-22-5-3-4-18(15-22)25(26,27)28/h2-13,15H,1,14,16H2. The summed E-state index contributed by atoms with van der Waals surface area (Å²) in [6.07, 6.45) is -2.92. The first-order valence-corrected chi connectivity index (χ1v) is 9.91. The molecule has 0 unspecified atom stereocenters. The highest BCUT2D eigenvalue weighted by atomic mass is 19.4. The molecule has 0 saturated heterocycles. The van der Waals surface area contributed by atoms with E-state index in [1.807, 2.05) is 0 Å². The van der Waals surface area contributed by atoms with Crippen LogP contribution in [0.2, 0.25) is 0 Å². The maximum absolute atomic E-state index is 12.7. The number of carbonyl (C=O) groups is 2. The maximum Gasteiger partial charge on any atom is 0.416 e. The van der Waals surface area contributed by atoms with Crippen molar-refractivity contribution in [2.24, 2.45) is 0 Å². The summed E-state index contributed by atoms with van der Waals surface area (Å²) in [6, 6.07) is 16.2. The summed E-state index contributed by atoms with van der Waals surface area (Å²) in [6.45, 7) is 3.31. The zero-order valence-corrected chi connectivity index (χ0v) is 17.7. The lowest BCUT2D eigenvalue weighted by Crippen LogP contribution is -2.18. The molecule has 0 fully saturated rings. The SMILES string of the molecule is C=CCOc1ccc(C(=O)Oc2ccc(OC(=O)COc3cccc(C(F)(F)F)c3)cc2)cc1. The van der Waals surface area contributed by atoms with Crippen molar-refractivity contribution in [3.8, 4) is 23.0 Å². The second kappa shape index (κ2) is 11.0. The molecule has 0 bridgehead atoms. The van der Waals surface area contributed by atoms with Gasteiger partial charge in [-0.3, -0.25) is 0 Å². The summed E-state index contributed by atoms with van der Waals surface area (Å²) in [4.78, 5) is 24.2. The summed E-state index contributed by atoms with van der Waals surface area (Å²) in [5.74, 6) is -0.581. The van der Waals surface area contributed by atoms with Gasteiger partial charge in [0.05, 0.1) is 11.1 Å². The summed E-state index contributed by atoms with van der Waals surface area (Å²) in [5.41, 5.74) is -0.575. The first kappa shape index (κ1) is 24.4. The molecule has 0 radical (unpaired) electrons. The number of halogens is 3. The largest absolute Gasteiger partial charge is 0.490 e. The van der Waals surface area contributed by atoms with Crippen LogP contribution in [0.4, 0.5) is 13.2 Å². The Balaban J connectivity index is 1.50. The second-order valence-electron chi connectivity index (χ2n) is 6.77. The van der Waals surface area contributed by atoms with E-state index in [1.54, 1.807) is 30.3 Å². The number of esters is 2. The van der Waals surface area contributed by atoms with Crippen LogP contribution in [0.3, 0.4) is 0 Å². The first-order valence-electron chi connectivity index (χ1n) is 9.91. The predicted molar refractivity (Wildman–Crippen MR) is 116 cm³/mol. The monoisotopic (exact) mass is 472 g/mol. The highest BCUT2D eigenvalue weighted by Gasteiger charge is 2.30. The number of rotatable bonds is 9. The van der Waals surface area contributed by atoms with Gasteiger partial charge >= 0.3 is 18.1 Å². The molecule has 0 aliphatic heterocycles. The fourth-order valence-corrected chi connectivity index (χ4v) is 2.65. The van der Waals surface area contributed by atoms with E-state index >= 15 is 0 Å². The Labute approximate surface area is 193 Å². The zero-order valence-electron chi connectivity index (χ0n) is 17.7. The fraction of sp³-hybridized carbons (Fsp3) is 0.120. The molecule has 0 heterocycles. The van der Waals surface area contributed by atoms with Crippen LogP contribution >= 0.6 is 0 Å². The quantitative estimate of drug-likeness (QED) is 0.234. The Morgan fingerprint density at radius 2 is 1.41 bits per heavy atom. The highest BCUT2D eigenvalue weighted by molar-refractivity contribution is 5.91. The van der Waals surface area contributed by atoms with E-state index in [0.717, 1.165) is 12.1 Å². The van der Waals surface area contributed by atoms with Crippen molar-refractivity contribution in [1.82, 2.24) is 0 Å². The first-order chi connectivity index (χ1) is 16.2. The molecule has 3 rings (SSSR count). The average molecular weight is 472 g/mol. The topological polar surface area (TPSA) is 71.1 Å². The molecule has 0 spiro atoms. The predicted octanol–water partition coefficient (Wildman–Crippen LogP) is 5.47. The van der Waals surface area contributed by atoms with Crippen molar-refractivity contribution in [3.05, 3.63) is 96.6 Å². The molecular formula is C25H19F3O6. The normalized spacial score (nSPS) is 10.8. The van der Waals surface area contributed by atoms with Gasteiger partial charge in [-0.2, -0.15) is 13.2 Å². The number of alkyl halides is 3. The molecule has 176 valence electrons. The summed E-state index contributed by atoms with van der Waals surface area (Å²) >= 11 is 0. The molecule has 0 aliphatic carbocycles. The van der Waals surface area contributed by atoms with Crippen LogP contribution in [-0.4, -0.2) is 25.2 Å². The van der Waals surface area contributed by atoms with E-state index in [9.17, 15) is 22.8 Å². The summed E-state index contributed by atoms with van der Waals surface area (Å²) < 4.78 is 59.0. The van der Waals surface area contributed by atoms with Gasteiger partial charge in [-0.05, 0) is 66.7 Å². The maximum atomic E-state index is 12.7. The van der Waals surface area contributed by atoms with Crippen LogP contribution in [0, 0.1) is 0 Å². The van der Waals surface area contributed by atoms with E-state index in [2.05, 4.69) is 6.58 Å². The third kappa shape index (κ3) is 7.13. The van der Waals surface area contributed by atoms with Crippen LogP contribution in [0.1, 0.15) is 15.9 Å². The Bertz CT molecular complexity index is 1140. The zero-order chi connectivity index (χ0) is 24.6. The van der Waals surface area contributed by atoms with Crippen LogP contribution in [0.15, 0.2) is 85.5 Å². The molecule has 0 atom stereocenters. The van der Waals surface area contributed by atoms with Gasteiger partial charge in [0.1, 0.15) is 29.6 Å². The summed E-state index contributed by atoms with van der Waals surface area (Å²) in [5, 5.41) is 0. The minimum atomic E-state index is -4.52. The lowest BCUT2D eigenvalue weighted by molar-refractivity contribution is -0.137. The molecule has 3 aromatic carbocycles. The second-order valence-corrected chi connectivity index (χ2v) is 6.77. The van der Waals surface area contributed by atoms with Crippen molar-refractivity contribution in [1.29, 1.82) is 0 Å². The van der Waals surface area contributed by atoms with E-state index in [4.69, 9.17) is 18.9 Å². The van der Waals surface area contributed by atoms with Gasteiger partial charge in [0.25, 0.3) is 0 Å². The molecule has 0 saturated carbocycles. The summed E-state index contributed by atoms with van der Waals surface area (Å²) in [7, 11) is 0. The molecule has 3 aromatic rings. The number of hydrogen-bond acceptors (Lipinski definition) is 6. The van der Waals surface area contributed by atoms with Crippen molar-refractivity contribution in [2.45, 2.75) is 6.18 Å². The van der Waals surface area contributed by atoms with Crippen molar-refractivity contribution in [3.63, 3.8) is 0 Å². The fourth-order valence-electron chi connectivity index (χ4n) is 2.65.